The molecule has 174 valence electrons. The number of thiazole rings is 1. The van der Waals surface area contributed by atoms with Gasteiger partial charge in [0, 0.05) is 29.9 Å². The van der Waals surface area contributed by atoms with Crippen molar-refractivity contribution in [1.29, 1.82) is 0 Å². The predicted octanol–water partition coefficient (Wildman–Crippen LogP) is 5.62. The van der Waals surface area contributed by atoms with Crippen molar-refractivity contribution in [1.82, 2.24) is 10.3 Å². The summed E-state index contributed by atoms with van der Waals surface area (Å²) in [4.78, 5) is 18.2. The van der Waals surface area contributed by atoms with Gasteiger partial charge in [0.1, 0.15) is 0 Å². The van der Waals surface area contributed by atoms with E-state index in [9.17, 15) is 4.79 Å². The second kappa shape index (κ2) is 11.1. The van der Waals surface area contributed by atoms with Gasteiger partial charge in [-0.25, -0.2) is 4.98 Å². The molecule has 1 aromatic rings. The van der Waals surface area contributed by atoms with Gasteiger partial charge in [-0.15, -0.1) is 11.3 Å². The molecule has 0 spiro atoms. The number of carboxylic acid groups (broad SMARTS) is 1. The maximum absolute atomic E-state index is 10.8. The Bertz CT molecular complexity index is 918. The summed E-state index contributed by atoms with van der Waals surface area (Å²) in [6.07, 6.45) is 16.6. The zero-order valence-electron chi connectivity index (χ0n) is 19.9. The maximum Gasteiger partial charge on any atom is 0.317 e. The summed E-state index contributed by atoms with van der Waals surface area (Å²) in [7, 11) is 0. The number of rotatable bonds is 10. The lowest BCUT2D eigenvalue weighted by atomic mass is 9.93. The third kappa shape index (κ3) is 7.17. The summed E-state index contributed by atoms with van der Waals surface area (Å²) < 4.78 is 0. The van der Waals surface area contributed by atoms with E-state index in [1.165, 1.54) is 16.7 Å². The molecule has 1 atom stereocenters. The summed E-state index contributed by atoms with van der Waals surface area (Å²) in [5.74, 6) is -0.818. The number of aromatic nitrogens is 1. The van der Waals surface area contributed by atoms with E-state index in [-0.39, 0.29) is 18.0 Å². The zero-order valence-corrected chi connectivity index (χ0v) is 20.7. The highest BCUT2D eigenvalue weighted by atomic mass is 32.1. The van der Waals surface area contributed by atoms with Crippen LogP contribution < -0.4 is 10.2 Å². The molecular formula is C26H37N3O2S. The number of hydrogen-bond donors (Lipinski definition) is 2. The van der Waals surface area contributed by atoms with Crippen molar-refractivity contribution in [3.63, 3.8) is 0 Å². The highest BCUT2D eigenvalue weighted by Gasteiger charge is 2.21. The molecule has 0 aromatic carbocycles. The summed E-state index contributed by atoms with van der Waals surface area (Å²) in [5.41, 5.74) is 5.29. The van der Waals surface area contributed by atoms with Crippen molar-refractivity contribution in [2.24, 2.45) is 0 Å². The van der Waals surface area contributed by atoms with E-state index >= 15 is 0 Å². The smallest absolute Gasteiger partial charge is 0.317 e. The second-order valence-corrected chi connectivity index (χ2v) is 10.6. The van der Waals surface area contributed by atoms with Crippen molar-refractivity contribution in [2.45, 2.75) is 71.3 Å². The third-order valence-electron chi connectivity index (χ3n) is 6.05. The lowest BCUT2D eigenvalue weighted by Crippen LogP contribution is -2.33. The van der Waals surface area contributed by atoms with Gasteiger partial charge in [-0.05, 0) is 39.0 Å². The third-order valence-corrected chi connectivity index (χ3v) is 6.95. The first-order valence-electron chi connectivity index (χ1n) is 11.6. The minimum atomic E-state index is -0.818. The maximum atomic E-state index is 10.8. The average Bonchev–Trinajstić information content (AvgIpc) is 3.27. The van der Waals surface area contributed by atoms with Crippen LogP contribution in [0.5, 0.6) is 0 Å². The first-order chi connectivity index (χ1) is 15.2. The molecule has 0 saturated carbocycles. The van der Waals surface area contributed by atoms with Crippen LogP contribution in [-0.2, 0) is 10.2 Å². The van der Waals surface area contributed by atoms with Crippen LogP contribution in [0.3, 0.4) is 0 Å². The fourth-order valence-electron chi connectivity index (χ4n) is 3.92. The molecule has 0 fully saturated rings. The largest absolute Gasteiger partial charge is 0.480 e. The van der Waals surface area contributed by atoms with Crippen molar-refractivity contribution >= 4 is 22.4 Å². The van der Waals surface area contributed by atoms with Crippen LogP contribution in [0.15, 0.2) is 52.5 Å². The molecule has 0 saturated heterocycles. The van der Waals surface area contributed by atoms with Crippen LogP contribution in [-0.4, -0.2) is 41.7 Å². The van der Waals surface area contributed by atoms with Crippen molar-refractivity contribution in [2.75, 3.05) is 24.5 Å². The van der Waals surface area contributed by atoms with E-state index in [2.05, 4.69) is 66.7 Å². The topological polar surface area (TPSA) is 65.5 Å². The quantitative estimate of drug-likeness (QED) is 0.479. The molecule has 6 heteroatoms. The number of nitrogens with zero attached hydrogens (tertiary/aromatic N) is 2. The van der Waals surface area contributed by atoms with E-state index in [1.54, 1.807) is 11.3 Å². The second-order valence-electron chi connectivity index (χ2n) is 9.76. The normalized spacial score (nSPS) is 17.4. The molecule has 1 aromatic heterocycles. The van der Waals surface area contributed by atoms with Gasteiger partial charge in [-0.3, -0.25) is 4.79 Å². The van der Waals surface area contributed by atoms with E-state index in [0.717, 1.165) is 56.0 Å². The van der Waals surface area contributed by atoms with Crippen LogP contribution in [0.4, 0.5) is 5.13 Å². The van der Waals surface area contributed by atoms with Crippen molar-refractivity contribution in [3.8, 4) is 0 Å². The Hall–Kier alpha value is -2.18. The van der Waals surface area contributed by atoms with Crippen molar-refractivity contribution < 1.29 is 9.90 Å². The molecular weight excluding hydrogens is 418 g/mol. The van der Waals surface area contributed by atoms with Crippen LogP contribution in [0.1, 0.15) is 65.5 Å². The van der Waals surface area contributed by atoms with Gasteiger partial charge < -0.3 is 15.3 Å². The van der Waals surface area contributed by atoms with Gasteiger partial charge in [-0.2, -0.15) is 0 Å². The van der Waals surface area contributed by atoms with Gasteiger partial charge >= 0.3 is 5.97 Å². The van der Waals surface area contributed by atoms with Gasteiger partial charge in [0.05, 0.1) is 12.2 Å². The number of hydrogen-bond acceptors (Lipinski definition) is 5. The number of nitrogens with one attached hydrogen (secondary N) is 1. The lowest BCUT2D eigenvalue weighted by Gasteiger charge is -2.27. The molecule has 0 radical (unpaired) electrons. The molecule has 5 nitrogen and oxygen atoms in total. The molecule has 3 rings (SSSR count). The Morgan fingerprint density at radius 2 is 2.09 bits per heavy atom. The number of allylic oxidation sites excluding steroid dienone is 5. The van der Waals surface area contributed by atoms with Crippen LogP contribution in [0.2, 0.25) is 0 Å². The number of anilines is 1. The van der Waals surface area contributed by atoms with E-state index in [4.69, 9.17) is 10.1 Å². The molecule has 1 unspecified atom stereocenters. The highest BCUT2D eigenvalue weighted by molar-refractivity contribution is 7.13. The van der Waals surface area contributed by atoms with Gasteiger partial charge in [-0.1, -0.05) is 67.9 Å². The molecule has 0 amide bonds. The average molecular weight is 456 g/mol. The Kier molecular flexibility index (Phi) is 8.49. The molecule has 0 bridgehead atoms. The fourth-order valence-corrected chi connectivity index (χ4v) is 5.00. The number of carboxylic acids is 1. The Balaban J connectivity index is 1.70. The van der Waals surface area contributed by atoms with E-state index in [0.29, 0.717) is 0 Å². The molecule has 2 aliphatic rings. The van der Waals surface area contributed by atoms with Crippen LogP contribution in [0.25, 0.3) is 0 Å². The lowest BCUT2D eigenvalue weighted by molar-refractivity contribution is -0.136. The van der Waals surface area contributed by atoms with Gasteiger partial charge in [0.15, 0.2) is 5.13 Å². The highest BCUT2D eigenvalue weighted by Crippen LogP contribution is 2.31. The fraction of sp³-hybridized carbons (Fsp3) is 0.538. The summed E-state index contributed by atoms with van der Waals surface area (Å²) >= 11 is 1.74. The van der Waals surface area contributed by atoms with Gasteiger partial charge in [0.2, 0.25) is 0 Å². The summed E-state index contributed by atoms with van der Waals surface area (Å²) in [5, 5.41) is 15.3. The Morgan fingerprint density at radius 3 is 2.69 bits per heavy atom. The summed E-state index contributed by atoms with van der Waals surface area (Å²) in [6, 6.07) is 0.0818. The minimum Gasteiger partial charge on any atom is -0.480 e. The van der Waals surface area contributed by atoms with Gasteiger partial charge in [0.25, 0.3) is 0 Å². The Labute approximate surface area is 196 Å². The molecule has 0 aliphatic heterocycles. The van der Waals surface area contributed by atoms with E-state index in [1.807, 2.05) is 6.92 Å². The van der Waals surface area contributed by atoms with Crippen LogP contribution >= 0.6 is 11.3 Å². The molecule has 2 N–H and O–H groups in total. The first-order valence-corrected chi connectivity index (χ1v) is 12.5. The minimum absolute atomic E-state index is 0.00664. The number of carbonyl (C=O) groups is 1. The molecule has 1 heterocycles. The monoisotopic (exact) mass is 455 g/mol. The Morgan fingerprint density at radius 1 is 1.28 bits per heavy atom. The van der Waals surface area contributed by atoms with Crippen LogP contribution in [0, 0.1) is 0 Å². The predicted molar refractivity (Wildman–Crippen MR) is 135 cm³/mol. The van der Waals surface area contributed by atoms with Crippen molar-refractivity contribution in [3.05, 3.63) is 58.2 Å². The standard InChI is InChI=1S/C26H37N3O2S/c1-19(27-16-24(30)31)22-12-10-21(11-13-22)17-29(15-14-20-8-6-5-7-9-20)25-28-23(18-32-25)26(2,3)4/h6,8-10,12,18-19,27H,5,7,11,13-17H2,1-4H3,(H,30,31). The zero-order chi connectivity index (χ0) is 23.1. The SMILES string of the molecule is CC(NCC(=O)O)C1=CC=C(CN(CCC2=CCCC=C2)c2nc(C(C)(C)C)cs2)CC1. The molecule has 2 aliphatic carbocycles. The summed E-state index contributed by atoms with van der Waals surface area (Å²) in [6.45, 7) is 10.5. The molecule has 32 heavy (non-hydrogen) atoms. The van der Waals surface area contributed by atoms with E-state index < -0.39 is 5.97 Å². The number of aliphatic carboxylic acids is 1. The first kappa shape index (κ1) is 24.5.